The molecule has 0 saturated carbocycles. The third-order valence-electron chi connectivity index (χ3n) is 3.94. The minimum atomic E-state index is -0.0466. The van der Waals surface area contributed by atoms with E-state index in [9.17, 15) is 4.79 Å². The van der Waals surface area contributed by atoms with Crippen LogP contribution in [0.4, 0.5) is 10.5 Å². The number of rotatable bonds is 6. The molecule has 2 aromatic rings. The Bertz CT molecular complexity index is 628. The summed E-state index contributed by atoms with van der Waals surface area (Å²) in [7, 11) is 3.85. The molecule has 23 heavy (non-hydrogen) atoms. The van der Waals surface area contributed by atoms with E-state index in [2.05, 4.69) is 41.4 Å². The molecule has 4 heteroatoms. The number of nitrogens with one attached hydrogen (secondary N) is 1. The summed E-state index contributed by atoms with van der Waals surface area (Å²) in [6.07, 6.45) is 0. The van der Waals surface area contributed by atoms with Gasteiger partial charge in [0.25, 0.3) is 0 Å². The van der Waals surface area contributed by atoms with Gasteiger partial charge in [0.05, 0.1) is 0 Å². The molecule has 0 aliphatic carbocycles. The SMILES string of the molecule is Cc1ccccc1CN(C)C(=O)NCCN(C)c1ccccc1. The lowest BCUT2D eigenvalue weighted by Gasteiger charge is -2.22. The molecular formula is C19H25N3O. The van der Waals surface area contributed by atoms with Crippen molar-refractivity contribution in [1.82, 2.24) is 10.2 Å². The van der Waals surface area contributed by atoms with E-state index in [-0.39, 0.29) is 6.03 Å². The summed E-state index contributed by atoms with van der Waals surface area (Å²) in [5.74, 6) is 0. The fourth-order valence-corrected chi connectivity index (χ4v) is 2.39. The molecule has 1 N–H and O–H groups in total. The second-order valence-corrected chi connectivity index (χ2v) is 5.77. The second kappa shape index (κ2) is 8.22. The maximum absolute atomic E-state index is 12.2. The van der Waals surface area contributed by atoms with Gasteiger partial charge in [0.2, 0.25) is 0 Å². The highest BCUT2D eigenvalue weighted by Crippen LogP contribution is 2.10. The molecule has 0 fully saturated rings. The van der Waals surface area contributed by atoms with E-state index < -0.39 is 0 Å². The molecule has 0 unspecified atom stereocenters. The van der Waals surface area contributed by atoms with Gasteiger partial charge in [-0.05, 0) is 30.2 Å². The van der Waals surface area contributed by atoms with Crippen molar-refractivity contribution in [2.45, 2.75) is 13.5 Å². The molecule has 0 aliphatic heterocycles. The van der Waals surface area contributed by atoms with Crippen LogP contribution >= 0.6 is 0 Å². The van der Waals surface area contributed by atoms with E-state index in [4.69, 9.17) is 0 Å². The molecule has 4 nitrogen and oxygen atoms in total. The number of amides is 2. The van der Waals surface area contributed by atoms with Gasteiger partial charge in [-0.15, -0.1) is 0 Å². The highest BCUT2D eigenvalue weighted by molar-refractivity contribution is 5.73. The quantitative estimate of drug-likeness (QED) is 0.888. The Hall–Kier alpha value is -2.49. The van der Waals surface area contributed by atoms with E-state index >= 15 is 0 Å². The molecule has 0 radical (unpaired) electrons. The van der Waals surface area contributed by atoms with Gasteiger partial charge in [0.1, 0.15) is 0 Å². The third kappa shape index (κ3) is 5.02. The maximum atomic E-state index is 12.2. The standard InChI is InChI=1S/C19H25N3O/c1-16-9-7-8-10-17(16)15-22(3)19(23)20-13-14-21(2)18-11-5-4-6-12-18/h4-12H,13-15H2,1-3H3,(H,20,23). The summed E-state index contributed by atoms with van der Waals surface area (Å²) in [6.45, 7) is 4.07. The van der Waals surface area contributed by atoms with Gasteiger partial charge in [-0.25, -0.2) is 4.79 Å². The fourth-order valence-electron chi connectivity index (χ4n) is 2.39. The van der Waals surface area contributed by atoms with Crippen LogP contribution in [0.25, 0.3) is 0 Å². The monoisotopic (exact) mass is 311 g/mol. The molecule has 0 aliphatic rings. The van der Waals surface area contributed by atoms with Crippen LogP contribution in [0.2, 0.25) is 0 Å². The highest BCUT2D eigenvalue weighted by Gasteiger charge is 2.10. The predicted molar refractivity (Wildman–Crippen MR) is 95.8 cm³/mol. The Kier molecular flexibility index (Phi) is 6.03. The molecule has 0 heterocycles. The van der Waals surface area contributed by atoms with E-state index in [1.54, 1.807) is 4.90 Å². The molecule has 2 aromatic carbocycles. The van der Waals surface area contributed by atoms with Crippen LogP contribution in [-0.4, -0.2) is 38.1 Å². The third-order valence-corrected chi connectivity index (χ3v) is 3.94. The molecule has 0 aromatic heterocycles. The van der Waals surface area contributed by atoms with E-state index in [0.717, 1.165) is 12.2 Å². The zero-order valence-electron chi connectivity index (χ0n) is 14.1. The molecular weight excluding hydrogens is 286 g/mol. The Labute approximate surface area is 138 Å². The van der Waals surface area contributed by atoms with Crippen LogP contribution in [0.1, 0.15) is 11.1 Å². The molecule has 0 bridgehead atoms. The number of hydrogen-bond acceptors (Lipinski definition) is 2. The first-order chi connectivity index (χ1) is 11.1. The van der Waals surface area contributed by atoms with Gasteiger partial charge in [-0.2, -0.15) is 0 Å². The predicted octanol–water partition coefficient (Wildman–Crippen LogP) is 3.27. The summed E-state index contributed by atoms with van der Waals surface area (Å²) >= 11 is 0. The number of benzene rings is 2. The van der Waals surface area contributed by atoms with Crippen molar-refractivity contribution in [1.29, 1.82) is 0 Å². The Morgan fingerprint density at radius 1 is 1.00 bits per heavy atom. The average Bonchev–Trinajstić information content (AvgIpc) is 2.57. The minimum Gasteiger partial charge on any atom is -0.373 e. The van der Waals surface area contributed by atoms with Crippen LogP contribution in [0.15, 0.2) is 54.6 Å². The van der Waals surface area contributed by atoms with Crippen molar-refractivity contribution in [3.8, 4) is 0 Å². The van der Waals surface area contributed by atoms with Gasteiger partial charge in [0, 0.05) is 39.4 Å². The first-order valence-electron chi connectivity index (χ1n) is 7.87. The van der Waals surface area contributed by atoms with Crippen molar-refractivity contribution in [3.63, 3.8) is 0 Å². The second-order valence-electron chi connectivity index (χ2n) is 5.77. The molecule has 0 spiro atoms. The normalized spacial score (nSPS) is 10.2. The smallest absolute Gasteiger partial charge is 0.317 e. The number of anilines is 1. The Morgan fingerprint density at radius 3 is 2.35 bits per heavy atom. The summed E-state index contributed by atoms with van der Waals surface area (Å²) in [5.41, 5.74) is 3.53. The first kappa shape index (κ1) is 16.9. The lowest BCUT2D eigenvalue weighted by molar-refractivity contribution is 0.207. The average molecular weight is 311 g/mol. The van der Waals surface area contributed by atoms with Crippen molar-refractivity contribution >= 4 is 11.7 Å². The summed E-state index contributed by atoms with van der Waals surface area (Å²) in [5, 5.41) is 2.97. The molecule has 122 valence electrons. The lowest BCUT2D eigenvalue weighted by Crippen LogP contribution is -2.40. The number of carbonyl (C=O) groups is 1. The van der Waals surface area contributed by atoms with Gasteiger partial charge >= 0.3 is 6.03 Å². The van der Waals surface area contributed by atoms with Crippen molar-refractivity contribution in [2.24, 2.45) is 0 Å². The first-order valence-corrected chi connectivity index (χ1v) is 7.87. The maximum Gasteiger partial charge on any atom is 0.317 e. The van der Waals surface area contributed by atoms with Gasteiger partial charge < -0.3 is 15.1 Å². The lowest BCUT2D eigenvalue weighted by atomic mass is 10.1. The molecule has 0 saturated heterocycles. The Balaban J connectivity index is 1.77. The molecule has 0 atom stereocenters. The number of nitrogens with zero attached hydrogens (tertiary/aromatic N) is 2. The zero-order valence-corrected chi connectivity index (χ0v) is 14.1. The van der Waals surface area contributed by atoms with Crippen LogP contribution < -0.4 is 10.2 Å². The summed E-state index contributed by atoms with van der Waals surface area (Å²) in [6, 6.07) is 18.2. The van der Waals surface area contributed by atoms with E-state index in [0.29, 0.717) is 13.1 Å². The fraction of sp³-hybridized carbons (Fsp3) is 0.316. The number of urea groups is 1. The van der Waals surface area contributed by atoms with Crippen molar-refractivity contribution in [3.05, 3.63) is 65.7 Å². The van der Waals surface area contributed by atoms with E-state index in [1.807, 2.05) is 44.4 Å². The number of aryl methyl sites for hydroxylation is 1. The summed E-state index contributed by atoms with van der Waals surface area (Å²) in [4.78, 5) is 16.0. The Morgan fingerprint density at radius 2 is 1.65 bits per heavy atom. The molecule has 2 amide bonds. The number of hydrogen-bond donors (Lipinski definition) is 1. The van der Waals surface area contributed by atoms with Gasteiger partial charge in [-0.1, -0.05) is 42.5 Å². The van der Waals surface area contributed by atoms with Crippen molar-refractivity contribution in [2.75, 3.05) is 32.1 Å². The number of likely N-dealkylation sites (N-methyl/N-ethyl adjacent to an activating group) is 1. The van der Waals surface area contributed by atoms with Crippen LogP contribution in [0.5, 0.6) is 0 Å². The largest absolute Gasteiger partial charge is 0.373 e. The number of carbonyl (C=O) groups excluding carboxylic acids is 1. The summed E-state index contributed by atoms with van der Waals surface area (Å²) < 4.78 is 0. The van der Waals surface area contributed by atoms with Crippen LogP contribution in [-0.2, 0) is 6.54 Å². The zero-order chi connectivity index (χ0) is 16.7. The van der Waals surface area contributed by atoms with Crippen LogP contribution in [0.3, 0.4) is 0 Å². The highest BCUT2D eigenvalue weighted by atomic mass is 16.2. The topological polar surface area (TPSA) is 35.6 Å². The van der Waals surface area contributed by atoms with E-state index in [1.165, 1.54) is 11.1 Å². The van der Waals surface area contributed by atoms with Gasteiger partial charge in [-0.3, -0.25) is 0 Å². The van der Waals surface area contributed by atoms with Gasteiger partial charge in [0.15, 0.2) is 0 Å². The van der Waals surface area contributed by atoms with Crippen LogP contribution in [0, 0.1) is 6.92 Å². The molecule has 2 rings (SSSR count). The van der Waals surface area contributed by atoms with Crippen molar-refractivity contribution < 1.29 is 4.79 Å². The number of para-hydroxylation sites is 1. The minimum absolute atomic E-state index is 0.0466.